The van der Waals surface area contributed by atoms with Gasteiger partial charge in [0.15, 0.2) is 0 Å². The first-order chi connectivity index (χ1) is 13.2. The molecule has 3 saturated heterocycles. The van der Waals surface area contributed by atoms with Gasteiger partial charge < -0.3 is 14.5 Å². The number of likely N-dealkylation sites (tertiary alicyclic amines) is 1. The summed E-state index contributed by atoms with van der Waals surface area (Å²) in [7, 11) is 0. The van der Waals surface area contributed by atoms with Crippen LogP contribution < -0.4 is 0 Å². The van der Waals surface area contributed by atoms with E-state index < -0.39 is 5.60 Å². The molecule has 0 aromatic rings. The molecule has 3 fully saturated rings. The van der Waals surface area contributed by atoms with Crippen LogP contribution in [0.3, 0.4) is 0 Å². The Balaban J connectivity index is 1.44. The number of hydrogen-bond donors (Lipinski definition) is 0. The molecule has 0 N–H and O–H groups in total. The fourth-order valence-electron chi connectivity index (χ4n) is 4.22. The van der Waals surface area contributed by atoms with Crippen molar-refractivity contribution in [1.29, 1.82) is 0 Å². The van der Waals surface area contributed by atoms with Gasteiger partial charge in [0.2, 0.25) is 5.91 Å². The first kappa shape index (κ1) is 21.7. The van der Waals surface area contributed by atoms with Crippen molar-refractivity contribution in [2.45, 2.75) is 51.8 Å². The monoisotopic (exact) mass is 412 g/mol. The van der Waals surface area contributed by atoms with E-state index in [1.165, 1.54) is 0 Å². The molecule has 3 aliphatic heterocycles. The summed E-state index contributed by atoms with van der Waals surface area (Å²) in [6, 6.07) is 0.400. The molecule has 0 aliphatic carbocycles. The summed E-state index contributed by atoms with van der Waals surface area (Å²) in [6.45, 7) is 14.5. The Morgan fingerprint density at radius 2 is 1.61 bits per heavy atom. The Labute approximate surface area is 173 Å². The fraction of sp³-hybridized carbons (Fsp3) is 0.900. The SMILES string of the molecule is CC(C(=O)N1CCC(N2CCN(C(=O)OC(C)(C)C)CC2)C1)N1CCSCC1. The molecule has 160 valence electrons. The van der Waals surface area contributed by atoms with Crippen LogP contribution in [0, 0.1) is 0 Å². The lowest BCUT2D eigenvalue weighted by Crippen LogP contribution is -2.54. The number of amides is 2. The molecule has 3 rings (SSSR count). The quantitative estimate of drug-likeness (QED) is 0.702. The normalized spacial score (nSPS) is 26.4. The molecule has 2 atom stereocenters. The number of nitrogens with zero attached hydrogens (tertiary/aromatic N) is 4. The molecule has 0 spiro atoms. The molecule has 0 saturated carbocycles. The molecule has 0 aromatic carbocycles. The fourth-order valence-corrected chi connectivity index (χ4v) is 5.15. The number of hydrogen-bond acceptors (Lipinski definition) is 6. The van der Waals surface area contributed by atoms with Gasteiger partial charge in [-0.05, 0) is 34.1 Å². The van der Waals surface area contributed by atoms with Crippen LogP contribution in [0.5, 0.6) is 0 Å². The average molecular weight is 413 g/mol. The van der Waals surface area contributed by atoms with Gasteiger partial charge in [-0.1, -0.05) is 0 Å². The molecule has 3 heterocycles. The maximum atomic E-state index is 12.9. The minimum absolute atomic E-state index is 0.0105. The van der Waals surface area contributed by atoms with Crippen molar-refractivity contribution in [1.82, 2.24) is 19.6 Å². The zero-order chi connectivity index (χ0) is 20.3. The van der Waals surface area contributed by atoms with Crippen LogP contribution in [-0.4, -0.2) is 113 Å². The van der Waals surface area contributed by atoms with Crippen molar-refractivity contribution < 1.29 is 14.3 Å². The highest BCUT2D eigenvalue weighted by atomic mass is 32.2. The molecule has 7 nitrogen and oxygen atoms in total. The number of rotatable bonds is 3. The van der Waals surface area contributed by atoms with Gasteiger partial charge in [-0.3, -0.25) is 14.6 Å². The third-order valence-electron chi connectivity index (χ3n) is 5.91. The van der Waals surface area contributed by atoms with Gasteiger partial charge in [-0.15, -0.1) is 0 Å². The molecule has 0 radical (unpaired) electrons. The van der Waals surface area contributed by atoms with Crippen LogP contribution in [0.4, 0.5) is 4.79 Å². The largest absolute Gasteiger partial charge is 0.444 e. The summed E-state index contributed by atoms with van der Waals surface area (Å²) in [5, 5.41) is 0. The van der Waals surface area contributed by atoms with Crippen molar-refractivity contribution in [3.63, 3.8) is 0 Å². The molecule has 0 aromatic heterocycles. The Hall–Kier alpha value is -0.990. The lowest BCUT2D eigenvalue weighted by molar-refractivity contribution is -0.135. The van der Waals surface area contributed by atoms with Crippen LogP contribution in [0.15, 0.2) is 0 Å². The topological polar surface area (TPSA) is 56.3 Å². The lowest BCUT2D eigenvalue weighted by Gasteiger charge is -2.38. The molecule has 2 unspecified atom stereocenters. The highest BCUT2D eigenvalue weighted by Gasteiger charge is 2.36. The smallest absolute Gasteiger partial charge is 0.410 e. The number of ether oxygens (including phenoxy) is 1. The third-order valence-corrected chi connectivity index (χ3v) is 6.85. The van der Waals surface area contributed by atoms with Crippen LogP contribution in [-0.2, 0) is 9.53 Å². The van der Waals surface area contributed by atoms with Gasteiger partial charge in [0.1, 0.15) is 5.60 Å². The summed E-state index contributed by atoms with van der Waals surface area (Å²) in [5.41, 5.74) is -0.454. The molecule has 2 amide bonds. The predicted molar refractivity (Wildman–Crippen MR) is 113 cm³/mol. The summed E-state index contributed by atoms with van der Waals surface area (Å²) in [4.78, 5) is 33.8. The summed E-state index contributed by atoms with van der Waals surface area (Å²) in [6.07, 6.45) is 0.810. The Kier molecular flexibility index (Phi) is 7.15. The zero-order valence-corrected chi connectivity index (χ0v) is 18.7. The molecular formula is C20H36N4O3S. The van der Waals surface area contributed by atoms with E-state index in [1.54, 1.807) is 4.90 Å². The van der Waals surface area contributed by atoms with Gasteiger partial charge in [0.05, 0.1) is 6.04 Å². The van der Waals surface area contributed by atoms with Gasteiger partial charge in [0.25, 0.3) is 0 Å². The van der Waals surface area contributed by atoms with Gasteiger partial charge in [-0.25, -0.2) is 4.79 Å². The third kappa shape index (κ3) is 5.54. The second-order valence-electron chi connectivity index (χ2n) is 9.05. The van der Waals surface area contributed by atoms with Crippen molar-refractivity contribution in [3.8, 4) is 0 Å². The van der Waals surface area contributed by atoms with Crippen LogP contribution in [0.25, 0.3) is 0 Å². The average Bonchev–Trinajstić information content (AvgIpc) is 3.16. The standard InChI is InChI=1S/C20H36N4O3S/c1-16(21-11-13-28-14-12-21)18(25)24-6-5-17(15-24)22-7-9-23(10-8-22)19(26)27-20(2,3)4/h16-17H,5-15H2,1-4H3. The van der Waals surface area contributed by atoms with E-state index in [0.29, 0.717) is 19.1 Å². The van der Waals surface area contributed by atoms with Crippen LogP contribution in [0.1, 0.15) is 34.1 Å². The maximum absolute atomic E-state index is 12.9. The van der Waals surface area contributed by atoms with E-state index in [9.17, 15) is 9.59 Å². The van der Waals surface area contributed by atoms with Gasteiger partial charge in [0, 0.05) is 69.9 Å². The van der Waals surface area contributed by atoms with E-state index in [2.05, 4.69) is 21.6 Å². The van der Waals surface area contributed by atoms with Gasteiger partial charge in [-0.2, -0.15) is 11.8 Å². The first-order valence-corrected chi connectivity index (χ1v) is 11.7. The van der Waals surface area contributed by atoms with E-state index in [-0.39, 0.29) is 18.0 Å². The van der Waals surface area contributed by atoms with Crippen LogP contribution >= 0.6 is 11.8 Å². The Morgan fingerprint density at radius 3 is 2.21 bits per heavy atom. The van der Waals surface area contributed by atoms with Crippen LogP contribution in [0.2, 0.25) is 0 Å². The van der Waals surface area contributed by atoms with Crippen molar-refractivity contribution in [2.24, 2.45) is 0 Å². The zero-order valence-electron chi connectivity index (χ0n) is 17.9. The molecule has 28 heavy (non-hydrogen) atoms. The Morgan fingerprint density at radius 1 is 0.964 bits per heavy atom. The highest BCUT2D eigenvalue weighted by Crippen LogP contribution is 2.21. The van der Waals surface area contributed by atoms with Crippen molar-refractivity contribution >= 4 is 23.8 Å². The molecule has 0 bridgehead atoms. The molecule has 8 heteroatoms. The number of carbonyl (C=O) groups is 2. The van der Waals surface area contributed by atoms with Crippen molar-refractivity contribution in [2.75, 3.05) is 63.9 Å². The minimum atomic E-state index is -0.454. The second-order valence-corrected chi connectivity index (χ2v) is 10.3. The maximum Gasteiger partial charge on any atom is 0.410 e. The van der Waals surface area contributed by atoms with E-state index >= 15 is 0 Å². The summed E-state index contributed by atoms with van der Waals surface area (Å²) >= 11 is 1.97. The number of piperazine rings is 1. The predicted octanol–water partition coefficient (Wildman–Crippen LogP) is 1.58. The highest BCUT2D eigenvalue weighted by molar-refractivity contribution is 7.99. The molecule has 3 aliphatic rings. The van der Waals surface area contributed by atoms with E-state index in [1.807, 2.05) is 32.5 Å². The second kappa shape index (κ2) is 9.22. The Bertz CT molecular complexity index is 554. The number of thioether (sulfide) groups is 1. The summed E-state index contributed by atoms with van der Waals surface area (Å²) in [5.74, 6) is 2.53. The van der Waals surface area contributed by atoms with E-state index in [4.69, 9.17) is 4.74 Å². The minimum Gasteiger partial charge on any atom is -0.444 e. The molecular weight excluding hydrogens is 376 g/mol. The number of carbonyl (C=O) groups excluding carboxylic acids is 2. The summed E-state index contributed by atoms with van der Waals surface area (Å²) < 4.78 is 5.48. The first-order valence-electron chi connectivity index (χ1n) is 10.6. The van der Waals surface area contributed by atoms with E-state index in [0.717, 1.165) is 57.2 Å². The van der Waals surface area contributed by atoms with Gasteiger partial charge >= 0.3 is 6.09 Å². The van der Waals surface area contributed by atoms with Crippen molar-refractivity contribution in [3.05, 3.63) is 0 Å². The lowest BCUT2D eigenvalue weighted by atomic mass is 10.2.